The van der Waals surface area contributed by atoms with E-state index in [9.17, 15) is 13.2 Å². The van der Waals surface area contributed by atoms with Crippen LogP contribution in [0.15, 0.2) is 52.0 Å². The SMILES string of the molecule is CC1COCCN1S(=O)(=O)c1cccc(C(=O)NCc2ccco2)c1. The lowest BCUT2D eigenvalue weighted by molar-refractivity contribution is 0.0392. The number of amides is 1. The molecule has 1 aliphatic rings. The lowest BCUT2D eigenvalue weighted by Crippen LogP contribution is -2.46. The molecule has 1 fully saturated rings. The second-order valence-electron chi connectivity index (χ2n) is 5.83. The monoisotopic (exact) mass is 364 g/mol. The van der Waals surface area contributed by atoms with Gasteiger partial charge in [0, 0.05) is 18.2 Å². The molecule has 1 aromatic heterocycles. The fraction of sp³-hybridized carbons (Fsp3) is 0.353. The number of carbonyl (C=O) groups is 1. The summed E-state index contributed by atoms with van der Waals surface area (Å²) in [5.41, 5.74) is 0.286. The molecule has 2 aromatic rings. The average Bonchev–Trinajstić information content (AvgIpc) is 3.13. The van der Waals surface area contributed by atoms with Crippen LogP contribution in [0.3, 0.4) is 0 Å². The molecule has 0 bridgehead atoms. The Bertz CT molecular complexity index is 832. The normalized spacial score (nSPS) is 18.8. The van der Waals surface area contributed by atoms with Gasteiger partial charge < -0.3 is 14.5 Å². The minimum Gasteiger partial charge on any atom is -0.467 e. The molecule has 1 aromatic carbocycles. The molecule has 0 saturated carbocycles. The van der Waals surface area contributed by atoms with Crippen LogP contribution in [0.25, 0.3) is 0 Å². The highest BCUT2D eigenvalue weighted by Gasteiger charge is 2.31. The van der Waals surface area contributed by atoms with Gasteiger partial charge >= 0.3 is 0 Å². The van der Waals surface area contributed by atoms with Crippen LogP contribution >= 0.6 is 0 Å². The number of sulfonamides is 1. The molecule has 1 atom stereocenters. The molecule has 134 valence electrons. The summed E-state index contributed by atoms with van der Waals surface area (Å²) >= 11 is 0. The Kier molecular flexibility index (Phi) is 5.22. The summed E-state index contributed by atoms with van der Waals surface area (Å²) < 4.78 is 37.5. The maximum Gasteiger partial charge on any atom is 0.251 e. The number of ether oxygens (including phenoxy) is 1. The maximum absolute atomic E-state index is 12.8. The van der Waals surface area contributed by atoms with Gasteiger partial charge in [-0.05, 0) is 37.3 Å². The smallest absolute Gasteiger partial charge is 0.251 e. The van der Waals surface area contributed by atoms with Crippen molar-refractivity contribution in [3.05, 3.63) is 54.0 Å². The van der Waals surface area contributed by atoms with E-state index in [0.29, 0.717) is 25.5 Å². The van der Waals surface area contributed by atoms with Crippen molar-refractivity contribution in [1.29, 1.82) is 0 Å². The molecule has 1 aliphatic heterocycles. The van der Waals surface area contributed by atoms with Crippen molar-refractivity contribution in [2.24, 2.45) is 0 Å². The van der Waals surface area contributed by atoms with Crippen LogP contribution in [0, 0.1) is 0 Å². The van der Waals surface area contributed by atoms with Gasteiger partial charge in [-0.1, -0.05) is 6.07 Å². The third kappa shape index (κ3) is 3.92. The number of furan rings is 1. The van der Waals surface area contributed by atoms with Gasteiger partial charge in [-0.3, -0.25) is 4.79 Å². The topological polar surface area (TPSA) is 88.8 Å². The molecule has 0 radical (unpaired) electrons. The molecule has 1 N–H and O–H groups in total. The number of carbonyl (C=O) groups excluding carboxylic acids is 1. The van der Waals surface area contributed by atoms with E-state index < -0.39 is 10.0 Å². The number of hydrogen-bond acceptors (Lipinski definition) is 5. The van der Waals surface area contributed by atoms with Crippen LogP contribution in [0.2, 0.25) is 0 Å². The second-order valence-corrected chi connectivity index (χ2v) is 7.72. The summed E-state index contributed by atoms with van der Waals surface area (Å²) in [6, 6.07) is 9.30. The summed E-state index contributed by atoms with van der Waals surface area (Å²) in [6.45, 7) is 3.08. The van der Waals surface area contributed by atoms with Gasteiger partial charge in [0.25, 0.3) is 5.91 Å². The summed E-state index contributed by atoms with van der Waals surface area (Å²) in [6.07, 6.45) is 1.53. The van der Waals surface area contributed by atoms with Crippen molar-refractivity contribution >= 4 is 15.9 Å². The van der Waals surface area contributed by atoms with Crippen molar-refractivity contribution in [2.75, 3.05) is 19.8 Å². The summed E-state index contributed by atoms with van der Waals surface area (Å²) in [5.74, 6) is 0.266. The van der Waals surface area contributed by atoms with E-state index in [2.05, 4.69) is 5.32 Å². The molecule has 25 heavy (non-hydrogen) atoms. The molecule has 1 unspecified atom stereocenters. The molecule has 7 nitrogen and oxygen atoms in total. The highest BCUT2D eigenvalue weighted by Crippen LogP contribution is 2.21. The Labute approximate surface area is 146 Å². The van der Waals surface area contributed by atoms with E-state index in [1.807, 2.05) is 0 Å². The largest absolute Gasteiger partial charge is 0.467 e. The first-order valence-electron chi connectivity index (χ1n) is 7.99. The Morgan fingerprint density at radius 1 is 1.32 bits per heavy atom. The lowest BCUT2D eigenvalue weighted by atomic mass is 10.2. The van der Waals surface area contributed by atoms with Gasteiger partial charge in [0.05, 0.1) is 30.9 Å². The molecule has 1 saturated heterocycles. The Morgan fingerprint density at radius 3 is 2.88 bits per heavy atom. The number of benzene rings is 1. The van der Waals surface area contributed by atoms with Crippen molar-refractivity contribution < 1.29 is 22.4 Å². The zero-order valence-corrected chi connectivity index (χ0v) is 14.7. The maximum atomic E-state index is 12.8. The van der Waals surface area contributed by atoms with Gasteiger partial charge in [-0.15, -0.1) is 0 Å². The van der Waals surface area contributed by atoms with Crippen LogP contribution in [0.1, 0.15) is 23.0 Å². The minimum absolute atomic E-state index is 0.104. The summed E-state index contributed by atoms with van der Waals surface area (Å²) in [4.78, 5) is 12.4. The summed E-state index contributed by atoms with van der Waals surface area (Å²) in [5, 5.41) is 2.71. The molecular weight excluding hydrogens is 344 g/mol. The number of morpholine rings is 1. The fourth-order valence-electron chi connectivity index (χ4n) is 2.68. The first-order chi connectivity index (χ1) is 12.0. The molecule has 2 heterocycles. The highest BCUT2D eigenvalue weighted by molar-refractivity contribution is 7.89. The van der Waals surface area contributed by atoms with Gasteiger partial charge in [-0.25, -0.2) is 8.42 Å². The van der Waals surface area contributed by atoms with Gasteiger partial charge in [0.15, 0.2) is 0 Å². The van der Waals surface area contributed by atoms with Crippen LogP contribution < -0.4 is 5.32 Å². The number of rotatable bonds is 5. The minimum atomic E-state index is -3.67. The third-order valence-corrected chi connectivity index (χ3v) is 6.02. The first kappa shape index (κ1) is 17.7. The van der Waals surface area contributed by atoms with E-state index in [4.69, 9.17) is 9.15 Å². The number of nitrogens with one attached hydrogen (secondary N) is 1. The molecular formula is C17H20N2O5S. The zero-order valence-electron chi connectivity index (χ0n) is 13.8. The van der Waals surface area contributed by atoms with E-state index in [0.717, 1.165) is 0 Å². The van der Waals surface area contributed by atoms with E-state index in [1.54, 1.807) is 31.2 Å². The second kappa shape index (κ2) is 7.38. The Morgan fingerprint density at radius 2 is 2.16 bits per heavy atom. The average molecular weight is 364 g/mol. The molecule has 1 amide bonds. The van der Waals surface area contributed by atoms with Crippen molar-refractivity contribution in [1.82, 2.24) is 9.62 Å². The number of nitrogens with zero attached hydrogens (tertiary/aromatic N) is 1. The fourth-order valence-corrected chi connectivity index (χ4v) is 4.33. The zero-order chi connectivity index (χ0) is 17.9. The molecule has 0 aliphatic carbocycles. The van der Waals surface area contributed by atoms with Crippen LogP contribution in [-0.4, -0.2) is 44.4 Å². The quantitative estimate of drug-likeness (QED) is 0.871. The Balaban J connectivity index is 1.77. The molecule has 8 heteroatoms. The van der Waals surface area contributed by atoms with E-state index in [-0.39, 0.29) is 29.0 Å². The first-order valence-corrected chi connectivity index (χ1v) is 9.43. The standard InChI is InChI=1S/C17H20N2O5S/c1-13-12-23-9-7-19(13)25(21,22)16-6-2-4-14(10-16)17(20)18-11-15-5-3-8-24-15/h2-6,8,10,13H,7,9,11-12H2,1H3,(H,18,20). The van der Waals surface area contributed by atoms with Crippen molar-refractivity contribution in [3.63, 3.8) is 0 Å². The van der Waals surface area contributed by atoms with Crippen LogP contribution in [-0.2, 0) is 21.3 Å². The van der Waals surface area contributed by atoms with Crippen molar-refractivity contribution in [3.8, 4) is 0 Å². The lowest BCUT2D eigenvalue weighted by Gasteiger charge is -2.32. The summed E-state index contributed by atoms with van der Waals surface area (Å²) in [7, 11) is -3.67. The van der Waals surface area contributed by atoms with Crippen LogP contribution in [0.5, 0.6) is 0 Å². The third-order valence-electron chi connectivity index (χ3n) is 4.01. The van der Waals surface area contributed by atoms with Gasteiger partial charge in [-0.2, -0.15) is 4.31 Å². The number of hydrogen-bond donors (Lipinski definition) is 1. The van der Waals surface area contributed by atoms with Crippen LogP contribution in [0.4, 0.5) is 0 Å². The van der Waals surface area contributed by atoms with Crippen molar-refractivity contribution in [2.45, 2.75) is 24.4 Å². The predicted octanol–water partition coefficient (Wildman–Crippen LogP) is 1.62. The van der Waals surface area contributed by atoms with Gasteiger partial charge in [0.1, 0.15) is 5.76 Å². The molecule has 3 rings (SSSR count). The molecule has 0 spiro atoms. The predicted molar refractivity (Wildman–Crippen MR) is 90.5 cm³/mol. The Hall–Kier alpha value is -2.16. The van der Waals surface area contributed by atoms with Gasteiger partial charge in [0.2, 0.25) is 10.0 Å². The highest BCUT2D eigenvalue weighted by atomic mass is 32.2. The van der Waals surface area contributed by atoms with E-state index in [1.165, 1.54) is 22.7 Å². The van der Waals surface area contributed by atoms with E-state index >= 15 is 0 Å².